The van der Waals surface area contributed by atoms with E-state index >= 15 is 0 Å². The van der Waals surface area contributed by atoms with E-state index in [1.807, 2.05) is 0 Å². The van der Waals surface area contributed by atoms with Crippen LogP contribution < -0.4 is 11.2 Å². The largest absolute Gasteiger partial charge is 0.394 e. The summed E-state index contributed by atoms with van der Waals surface area (Å²) in [6.45, 7) is 4.04. The molecule has 7 heteroatoms. The van der Waals surface area contributed by atoms with E-state index in [1.54, 1.807) is 6.92 Å². The first-order valence-corrected chi connectivity index (χ1v) is 12.8. The Labute approximate surface area is 192 Å². The molecule has 1 aliphatic heterocycles. The molecule has 2 heterocycles. The molecule has 0 aliphatic carbocycles. The normalized spacial score (nSPS) is 20.8. The smallest absolute Gasteiger partial charge is 0.333 e. The lowest BCUT2D eigenvalue weighted by Crippen LogP contribution is -2.42. The predicted octanol–water partition coefficient (Wildman–Crippen LogP) is 4.05. The average Bonchev–Trinajstić information content (AvgIpc) is 3.16. The van der Waals surface area contributed by atoms with Crippen molar-refractivity contribution in [2.75, 3.05) is 6.61 Å². The molecular weight excluding hydrogens is 408 g/mol. The molecule has 184 valence electrons. The highest BCUT2D eigenvalue weighted by atomic mass is 16.5. The van der Waals surface area contributed by atoms with E-state index in [4.69, 9.17) is 4.74 Å². The lowest BCUT2D eigenvalue weighted by Gasteiger charge is -2.17. The molecule has 3 atom stereocenters. The molecule has 1 aromatic rings. The van der Waals surface area contributed by atoms with Crippen molar-refractivity contribution in [1.29, 1.82) is 0 Å². The number of aryl methyl sites for hydroxylation is 1. The molecule has 0 spiro atoms. The van der Waals surface area contributed by atoms with Crippen molar-refractivity contribution in [2.45, 2.75) is 129 Å². The Morgan fingerprint density at radius 3 is 1.97 bits per heavy atom. The summed E-state index contributed by atoms with van der Waals surface area (Å²) in [6.07, 6.45) is 15.7. The van der Waals surface area contributed by atoms with Crippen LogP contribution in [0.2, 0.25) is 0 Å². The number of nitrogens with zero attached hydrogens (tertiary/aromatic N) is 2. The molecule has 2 rings (SSSR count). The van der Waals surface area contributed by atoms with Crippen molar-refractivity contribution in [3.63, 3.8) is 0 Å². The summed E-state index contributed by atoms with van der Waals surface area (Å²) < 4.78 is 8.28. The first-order chi connectivity index (χ1) is 15.5. The van der Waals surface area contributed by atoms with E-state index in [0.717, 1.165) is 19.3 Å². The molecular formula is C25H44N2O5. The van der Waals surface area contributed by atoms with Crippen LogP contribution in [0.25, 0.3) is 0 Å². The standard InChI is InChI=1S/C25H44N2O5/c1-3-4-5-6-7-8-9-10-11-12-13-14-15-16-26-24(30)20(2)18-27(25(26)31)23-17-21(29)22(19-28)32-23/h18,21-23,28-29H,3-17,19H2,1-2H3/t21-,22+,23+/m0/s1. The maximum atomic E-state index is 12.9. The fourth-order valence-electron chi connectivity index (χ4n) is 4.50. The van der Waals surface area contributed by atoms with Gasteiger partial charge < -0.3 is 14.9 Å². The van der Waals surface area contributed by atoms with Crippen molar-refractivity contribution >= 4 is 0 Å². The zero-order chi connectivity index (χ0) is 23.3. The molecule has 1 aliphatic rings. The Balaban J connectivity index is 1.71. The molecule has 1 fully saturated rings. The molecule has 2 N–H and O–H groups in total. The minimum Gasteiger partial charge on any atom is -0.394 e. The van der Waals surface area contributed by atoms with Crippen LogP contribution >= 0.6 is 0 Å². The number of rotatable bonds is 16. The molecule has 0 aromatic carbocycles. The highest BCUT2D eigenvalue weighted by Gasteiger charge is 2.35. The first kappa shape index (κ1) is 26.8. The summed E-state index contributed by atoms with van der Waals surface area (Å²) in [6, 6.07) is 0. The molecule has 0 unspecified atom stereocenters. The molecule has 32 heavy (non-hydrogen) atoms. The maximum absolute atomic E-state index is 12.9. The SMILES string of the molecule is CCCCCCCCCCCCCCCn1c(=O)c(C)cn([C@H]2C[C@H](O)[C@@H](CO)O2)c1=O. The van der Waals surface area contributed by atoms with Gasteiger partial charge in [-0.2, -0.15) is 0 Å². The third-order valence-electron chi connectivity index (χ3n) is 6.55. The van der Waals surface area contributed by atoms with Gasteiger partial charge in [0.25, 0.3) is 5.56 Å². The number of aliphatic hydroxyl groups is 2. The van der Waals surface area contributed by atoms with E-state index in [2.05, 4.69) is 6.92 Å². The van der Waals surface area contributed by atoms with Gasteiger partial charge in [0.05, 0.1) is 12.7 Å². The summed E-state index contributed by atoms with van der Waals surface area (Å²) in [5, 5.41) is 19.3. The number of aromatic nitrogens is 2. The van der Waals surface area contributed by atoms with Gasteiger partial charge in [0.15, 0.2) is 0 Å². The quantitative estimate of drug-likeness (QED) is 0.369. The van der Waals surface area contributed by atoms with E-state index < -0.39 is 24.1 Å². The van der Waals surface area contributed by atoms with Crippen LogP contribution in [0, 0.1) is 6.92 Å². The van der Waals surface area contributed by atoms with Gasteiger partial charge in [0.1, 0.15) is 12.3 Å². The van der Waals surface area contributed by atoms with Gasteiger partial charge >= 0.3 is 5.69 Å². The van der Waals surface area contributed by atoms with E-state index in [-0.39, 0.29) is 18.6 Å². The molecule has 0 radical (unpaired) electrons. The highest BCUT2D eigenvalue weighted by Crippen LogP contribution is 2.27. The third-order valence-corrected chi connectivity index (χ3v) is 6.55. The summed E-state index contributed by atoms with van der Waals surface area (Å²) in [4.78, 5) is 25.4. The summed E-state index contributed by atoms with van der Waals surface area (Å²) in [5.74, 6) is 0. The van der Waals surface area contributed by atoms with Crippen LogP contribution in [-0.4, -0.2) is 38.2 Å². The Kier molecular flexibility index (Phi) is 12.3. The second kappa shape index (κ2) is 14.7. The highest BCUT2D eigenvalue weighted by molar-refractivity contribution is 5.04. The molecule has 0 saturated carbocycles. The van der Waals surface area contributed by atoms with Crippen LogP contribution in [0.5, 0.6) is 0 Å². The molecule has 7 nitrogen and oxygen atoms in total. The Morgan fingerprint density at radius 2 is 1.47 bits per heavy atom. The van der Waals surface area contributed by atoms with Crippen LogP contribution in [0.4, 0.5) is 0 Å². The lowest BCUT2D eigenvalue weighted by atomic mass is 10.0. The first-order valence-electron chi connectivity index (χ1n) is 12.8. The van der Waals surface area contributed by atoms with E-state index in [9.17, 15) is 19.8 Å². The Hall–Kier alpha value is -1.44. The number of aliphatic hydroxyl groups excluding tert-OH is 2. The molecule has 0 amide bonds. The zero-order valence-electron chi connectivity index (χ0n) is 20.1. The third kappa shape index (κ3) is 8.16. The second-order valence-electron chi connectivity index (χ2n) is 9.32. The fourth-order valence-corrected chi connectivity index (χ4v) is 4.50. The topological polar surface area (TPSA) is 93.7 Å². The Bertz CT molecular complexity index is 773. The molecule has 1 aromatic heterocycles. The van der Waals surface area contributed by atoms with Gasteiger partial charge in [-0.25, -0.2) is 4.79 Å². The number of hydrogen-bond donors (Lipinski definition) is 2. The molecule has 1 saturated heterocycles. The lowest BCUT2D eigenvalue weighted by molar-refractivity contribution is -0.0464. The maximum Gasteiger partial charge on any atom is 0.333 e. The summed E-state index contributed by atoms with van der Waals surface area (Å²) in [7, 11) is 0. The van der Waals surface area contributed by atoms with Gasteiger partial charge in [-0.15, -0.1) is 0 Å². The van der Waals surface area contributed by atoms with Crippen LogP contribution in [0.1, 0.15) is 109 Å². The van der Waals surface area contributed by atoms with Crippen molar-refractivity contribution in [2.24, 2.45) is 0 Å². The van der Waals surface area contributed by atoms with E-state index in [1.165, 1.54) is 79.5 Å². The number of hydrogen-bond acceptors (Lipinski definition) is 5. The van der Waals surface area contributed by atoms with Crippen molar-refractivity contribution in [1.82, 2.24) is 9.13 Å². The second-order valence-corrected chi connectivity index (χ2v) is 9.32. The van der Waals surface area contributed by atoms with E-state index in [0.29, 0.717) is 12.1 Å². The minimum atomic E-state index is -0.821. The van der Waals surface area contributed by atoms with Crippen molar-refractivity contribution < 1.29 is 14.9 Å². The monoisotopic (exact) mass is 452 g/mol. The fraction of sp³-hybridized carbons (Fsp3) is 0.840. The zero-order valence-corrected chi connectivity index (χ0v) is 20.1. The average molecular weight is 453 g/mol. The van der Waals surface area contributed by atoms with Crippen molar-refractivity contribution in [3.05, 3.63) is 32.6 Å². The van der Waals surface area contributed by atoms with Gasteiger partial charge in [-0.3, -0.25) is 13.9 Å². The molecule has 0 bridgehead atoms. The summed E-state index contributed by atoms with van der Waals surface area (Å²) in [5.41, 5.74) is -0.192. The van der Waals surface area contributed by atoms with Crippen LogP contribution in [0.15, 0.2) is 15.8 Å². The predicted molar refractivity (Wildman–Crippen MR) is 127 cm³/mol. The van der Waals surface area contributed by atoms with Gasteiger partial charge in [0.2, 0.25) is 0 Å². The summed E-state index contributed by atoms with van der Waals surface area (Å²) >= 11 is 0. The van der Waals surface area contributed by atoms with Crippen LogP contribution in [0.3, 0.4) is 0 Å². The number of ether oxygens (including phenoxy) is 1. The van der Waals surface area contributed by atoms with Gasteiger partial charge in [-0.1, -0.05) is 84.0 Å². The van der Waals surface area contributed by atoms with Gasteiger partial charge in [0, 0.05) is 24.7 Å². The van der Waals surface area contributed by atoms with Gasteiger partial charge in [-0.05, 0) is 13.3 Å². The minimum absolute atomic E-state index is 0.224. The van der Waals surface area contributed by atoms with Crippen molar-refractivity contribution in [3.8, 4) is 0 Å². The van der Waals surface area contributed by atoms with Crippen LogP contribution in [-0.2, 0) is 11.3 Å². The Morgan fingerprint density at radius 1 is 0.938 bits per heavy atom. The number of unbranched alkanes of at least 4 members (excludes halogenated alkanes) is 12.